The summed E-state index contributed by atoms with van der Waals surface area (Å²) in [6, 6.07) is 16.4. The molecule has 26 heavy (non-hydrogen) atoms. The third kappa shape index (κ3) is 3.20. The number of halogens is 1. The Kier molecular flexibility index (Phi) is 4.65. The van der Waals surface area contributed by atoms with Crippen LogP contribution in [0.5, 0.6) is 0 Å². The molecule has 0 fully saturated rings. The van der Waals surface area contributed by atoms with Gasteiger partial charge in [-0.3, -0.25) is 0 Å². The van der Waals surface area contributed by atoms with Crippen molar-refractivity contribution in [2.24, 2.45) is 7.05 Å². The van der Waals surface area contributed by atoms with E-state index in [1.54, 1.807) is 11.8 Å². The lowest BCUT2D eigenvalue weighted by Crippen LogP contribution is -2.28. The van der Waals surface area contributed by atoms with Crippen molar-refractivity contribution in [1.82, 2.24) is 0 Å². The third-order valence-corrected chi connectivity index (χ3v) is 5.84. The standard InChI is InChI=1S/C21H20ClN2OS/c1-14(25)13-24-18-5-3-4-6-20(18)26-21(24)11-15-9-10-23(2)19-12-16(22)7-8-17(15)19/h3-12,14,25H,13H2,1-2H3/q+1. The van der Waals surface area contributed by atoms with Gasteiger partial charge in [-0.15, -0.1) is 0 Å². The lowest BCUT2D eigenvalue weighted by Gasteiger charge is -2.22. The molecule has 1 unspecified atom stereocenters. The SMILES string of the molecule is CC(O)CN1/C(=C/c2cc[n+](C)c3cc(Cl)ccc23)Sc2ccccc21. The van der Waals surface area contributed by atoms with Gasteiger partial charge in [0.05, 0.1) is 22.2 Å². The first kappa shape index (κ1) is 17.4. The zero-order valence-corrected chi connectivity index (χ0v) is 16.3. The number of thioether (sulfide) groups is 1. The van der Waals surface area contributed by atoms with Crippen LogP contribution < -0.4 is 9.47 Å². The minimum atomic E-state index is -0.408. The molecule has 1 aliphatic rings. The number of fused-ring (bicyclic) bond motifs is 2. The fourth-order valence-corrected chi connectivity index (χ4v) is 4.56. The maximum atomic E-state index is 9.96. The number of anilines is 1. The number of aromatic nitrogens is 1. The minimum Gasteiger partial charge on any atom is -0.392 e. The summed E-state index contributed by atoms with van der Waals surface area (Å²) in [5, 5.41) is 13.0. The third-order valence-electron chi connectivity index (χ3n) is 4.49. The average molecular weight is 384 g/mol. The maximum absolute atomic E-state index is 9.96. The quantitative estimate of drug-likeness (QED) is 0.669. The largest absolute Gasteiger partial charge is 0.392 e. The molecule has 0 radical (unpaired) electrons. The molecule has 0 saturated carbocycles. The van der Waals surface area contributed by atoms with E-state index in [2.05, 4.69) is 52.1 Å². The maximum Gasteiger partial charge on any atom is 0.214 e. The molecule has 5 heteroatoms. The number of hydrogen-bond acceptors (Lipinski definition) is 3. The van der Waals surface area contributed by atoms with E-state index in [9.17, 15) is 5.11 Å². The van der Waals surface area contributed by atoms with Crippen LogP contribution in [0.2, 0.25) is 5.02 Å². The van der Waals surface area contributed by atoms with Gasteiger partial charge in [-0.1, -0.05) is 35.5 Å². The molecule has 3 nitrogen and oxygen atoms in total. The van der Waals surface area contributed by atoms with Crippen LogP contribution in [0.3, 0.4) is 0 Å². The number of rotatable bonds is 3. The highest BCUT2D eigenvalue weighted by Crippen LogP contribution is 2.46. The van der Waals surface area contributed by atoms with Crippen molar-refractivity contribution in [1.29, 1.82) is 0 Å². The van der Waals surface area contributed by atoms with Gasteiger partial charge < -0.3 is 10.0 Å². The topological polar surface area (TPSA) is 27.3 Å². The van der Waals surface area contributed by atoms with Crippen molar-refractivity contribution in [3.05, 3.63) is 70.3 Å². The average Bonchev–Trinajstić information content (AvgIpc) is 2.94. The number of β-amino-alcohol motifs (C(OH)–C–C–N with tert-alkyl or cyclic N) is 1. The first-order valence-corrected chi connectivity index (χ1v) is 9.74. The summed E-state index contributed by atoms with van der Waals surface area (Å²) in [6.45, 7) is 2.39. The summed E-state index contributed by atoms with van der Waals surface area (Å²) in [4.78, 5) is 3.41. The number of nitrogens with zero attached hydrogens (tertiary/aromatic N) is 2. The molecular weight excluding hydrogens is 364 g/mol. The molecule has 132 valence electrons. The fourth-order valence-electron chi connectivity index (χ4n) is 3.27. The second-order valence-electron chi connectivity index (χ2n) is 6.56. The van der Waals surface area contributed by atoms with Crippen LogP contribution in [-0.4, -0.2) is 17.8 Å². The van der Waals surface area contributed by atoms with Crippen molar-refractivity contribution >= 4 is 46.0 Å². The van der Waals surface area contributed by atoms with Crippen LogP contribution in [-0.2, 0) is 7.05 Å². The van der Waals surface area contributed by atoms with Crippen LogP contribution in [0.1, 0.15) is 12.5 Å². The van der Waals surface area contributed by atoms with E-state index < -0.39 is 6.10 Å². The number of aryl methyl sites for hydroxylation is 1. The summed E-state index contributed by atoms with van der Waals surface area (Å²) in [7, 11) is 2.02. The summed E-state index contributed by atoms with van der Waals surface area (Å²) in [6.07, 6.45) is 3.84. The number of para-hydroxylation sites is 1. The second kappa shape index (κ2) is 6.95. The van der Waals surface area contributed by atoms with E-state index in [0.29, 0.717) is 6.54 Å². The van der Waals surface area contributed by atoms with Crippen molar-refractivity contribution in [2.45, 2.75) is 17.9 Å². The fraction of sp³-hybridized carbons (Fsp3) is 0.190. The zero-order chi connectivity index (χ0) is 18.3. The lowest BCUT2D eigenvalue weighted by molar-refractivity contribution is -0.644. The Morgan fingerprint density at radius 1 is 1.23 bits per heavy atom. The number of hydrogen-bond donors (Lipinski definition) is 1. The minimum absolute atomic E-state index is 0.408. The molecule has 2 heterocycles. The summed E-state index contributed by atoms with van der Waals surface area (Å²) >= 11 is 7.93. The number of aliphatic hydroxyl groups excluding tert-OH is 1. The van der Waals surface area contributed by atoms with E-state index in [0.717, 1.165) is 32.2 Å². The van der Waals surface area contributed by atoms with E-state index in [-0.39, 0.29) is 0 Å². The monoisotopic (exact) mass is 383 g/mol. The molecule has 1 aliphatic heterocycles. The van der Waals surface area contributed by atoms with Gasteiger partial charge in [-0.25, -0.2) is 4.57 Å². The van der Waals surface area contributed by atoms with Gasteiger partial charge in [0, 0.05) is 28.6 Å². The molecule has 1 aromatic heterocycles. The molecule has 0 amide bonds. The summed E-state index contributed by atoms with van der Waals surface area (Å²) in [5.41, 5.74) is 3.38. The van der Waals surface area contributed by atoms with Gasteiger partial charge >= 0.3 is 0 Å². The summed E-state index contributed by atoms with van der Waals surface area (Å²) < 4.78 is 2.08. The van der Waals surface area contributed by atoms with E-state index in [1.165, 1.54) is 4.90 Å². The summed E-state index contributed by atoms with van der Waals surface area (Å²) in [5.74, 6) is 0. The highest BCUT2D eigenvalue weighted by atomic mass is 35.5. The predicted octanol–water partition coefficient (Wildman–Crippen LogP) is 4.61. The van der Waals surface area contributed by atoms with Crippen molar-refractivity contribution in [3.8, 4) is 0 Å². The molecule has 4 rings (SSSR count). The number of aliphatic hydroxyl groups is 1. The molecule has 3 aromatic rings. The van der Waals surface area contributed by atoms with Crippen molar-refractivity contribution < 1.29 is 9.67 Å². The van der Waals surface area contributed by atoms with Gasteiger partial charge in [0.25, 0.3) is 0 Å². The molecule has 1 N–H and O–H groups in total. The zero-order valence-electron chi connectivity index (χ0n) is 14.7. The van der Waals surface area contributed by atoms with Crippen LogP contribution in [0.25, 0.3) is 17.0 Å². The van der Waals surface area contributed by atoms with Gasteiger partial charge in [0.1, 0.15) is 7.05 Å². The van der Waals surface area contributed by atoms with Crippen molar-refractivity contribution in [2.75, 3.05) is 11.4 Å². The Morgan fingerprint density at radius 2 is 2.04 bits per heavy atom. The van der Waals surface area contributed by atoms with Crippen LogP contribution in [0.15, 0.2) is 64.7 Å². The normalized spacial score (nSPS) is 16.3. The Morgan fingerprint density at radius 3 is 2.85 bits per heavy atom. The van der Waals surface area contributed by atoms with Crippen LogP contribution in [0.4, 0.5) is 5.69 Å². The first-order chi connectivity index (χ1) is 12.5. The Bertz CT molecular complexity index is 1020. The number of benzene rings is 2. The lowest BCUT2D eigenvalue weighted by atomic mass is 10.1. The van der Waals surface area contributed by atoms with E-state index in [4.69, 9.17) is 11.6 Å². The van der Waals surface area contributed by atoms with E-state index >= 15 is 0 Å². The highest BCUT2D eigenvalue weighted by Gasteiger charge is 2.26. The molecule has 0 aliphatic carbocycles. The first-order valence-electron chi connectivity index (χ1n) is 8.55. The molecular formula is C21H20ClN2OS+. The number of pyridine rings is 1. The van der Waals surface area contributed by atoms with Gasteiger partial charge in [0.2, 0.25) is 5.52 Å². The molecule has 0 saturated heterocycles. The predicted molar refractivity (Wildman–Crippen MR) is 109 cm³/mol. The second-order valence-corrected chi connectivity index (χ2v) is 8.05. The molecule has 0 bridgehead atoms. The Balaban J connectivity index is 1.83. The van der Waals surface area contributed by atoms with Crippen molar-refractivity contribution in [3.63, 3.8) is 0 Å². The molecule has 0 spiro atoms. The van der Waals surface area contributed by atoms with Gasteiger partial charge in [-0.2, -0.15) is 0 Å². The Hall–Kier alpha value is -2.01. The molecule has 1 atom stereocenters. The van der Waals surface area contributed by atoms with Crippen LogP contribution in [0, 0.1) is 0 Å². The van der Waals surface area contributed by atoms with Crippen LogP contribution >= 0.6 is 23.4 Å². The molecule has 2 aromatic carbocycles. The van der Waals surface area contributed by atoms with Gasteiger partial charge in [0.15, 0.2) is 6.20 Å². The highest BCUT2D eigenvalue weighted by molar-refractivity contribution is 8.03. The van der Waals surface area contributed by atoms with E-state index in [1.807, 2.05) is 32.2 Å². The Labute approximate surface area is 162 Å². The smallest absolute Gasteiger partial charge is 0.214 e. The van der Waals surface area contributed by atoms with Gasteiger partial charge in [-0.05, 0) is 42.8 Å².